The maximum Gasteiger partial charge on any atom is 0.303 e. The molecule has 30 heavy (non-hydrogen) atoms. The molecule has 0 radical (unpaired) electrons. The number of benzene rings is 2. The molecule has 154 valence electrons. The molecule has 0 saturated heterocycles. The van der Waals surface area contributed by atoms with Crippen molar-refractivity contribution in [3.8, 4) is 11.1 Å². The van der Waals surface area contributed by atoms with E-state index >= 15 is 0 Å². The molecule has 1 aromatic heterocycles. The zero-order chi connectivity index (χ0) is 21.6. The Balaban J connectivity index is 1.92. The van der Waals surface area contributed by atoms with Crippen molar-refractivity contribution in [1.29, 1.82) is 0 Å². The van der Waals surface area contributed by atoms with Crippen LogP contribution in [0.2, 0.25) is 0 Å². The molecule has 1 aliphatic rings. The Morgan fingerprint density at radius 3 is 2.47 bits per heavy atom. The van der Waals surface area contributed by atoms with E-state index in [4.69, 9.17) is 17.0 Å². The molecule has 2 heterocycles. The predicted octanol–water partition coefficient (Wildman–Crippen LogP) is 6.40. The van der Waals surface area contributed by atoms with Gasteiger partial charge in [0.1, 0.15) is 3.82 Å². The second kappa shape index (κ2) is 7.72. The summed E-state index contributed by atoms with van der Waals surface area (Å²) >= 11 is 5.64. The number of aryl methyl sites for hydroxylation is 1. The number of rotatable bonds is 3. The summed E-state index contributed by atoms with van der Waals surface area (Å²) in [4.78, 5) is 28.6. The van der Waals surface area contributed by atoms with Crippen LogP contribution in [0, 0.1) is 10.7 Å². The predicted molar refractivity (Wildman–Crippen MR) is 125 cm³/mol. The minimum Gasteiger partial charge on any atom is -0.447 e. The molecule has 0 aliphatic carbocycles. The van der Waals surface area contributed by atoms with Crippen LogP contribution >= 0.6 is 32.9 Å². The van der Waals surface area contributed by atoms with Crippen LogP contribution in [0.5, 0.6) is 0 Å². The molecule has 0 saturated carbocycles. The van der Waals surface area contributed by atoms with Crippen LogP contribution in [0.25, 0.3) is 11.1 Å². The summed E-state index contributed by atoms with van der Waals surface area (Å²) in [6.07, 6.45) is -1.02. The fourth-order valence-electron chi connectivity index (χ4n) is 3.91. The lowest BCUT2D eigenvalue weighted by atomic mass is 9.86. The molecule has 0 spiro atoms. The normalized spacial score (nSPS) is 15.1. The van der Waals surface area contributed by atoms with Crippen molar-refractivity contribution in [1.82, 2.24) is 0 Å². The first-order valence-corrected chi connectivity index (χ1v) is 12.1. The Kier molecular flexibility index (Phi) is 5.38. The van der Waals surface area contributed by atoms with Gasteiger partial charge in [-0.3, -0.25) is 14.5 Å². The van der Waals surface area contributed by atoms with Gasteiger partial charge >= 0.3 is 5.97 Å². The van der Waals surface area contributed by atoms with E-state index in [0.29, 0.717) is 5.56 Å². The molecule has 1 atom stereocenters. The molecule has 0 N–H and O–H groups in total. The van der Waals surface area contributed by atoms with Crippen LogP contribution in [-0.2, 0) is 19.9 Å². The van der Waals surface area contributed by atoms with Crippen molar-refractivity contribution in [2.75, 3.05) is 4.90 Å². The van der Waals surface area contributed by atoms with Crippen molar-refractivity contribution in [2.45, 2.75) is 39.3 Å². The second-order valence-electron chi connectivity index (χ2n) is 7.81. The molecular formula is C23H21NO3S3. The van der Waals surface area contributed by atoms with Crippen LogP contribution in [0.15, 0.2) is 48.5 Å². The van der Waals surface area contributed by atoms with E-state index in [-0.39, 0.29) is 5.91 Å². The lowest BCUT2D eigenvalue weighted by Gasteiger charge is -2.44. The van der Waals surface area contributed by atoms with E-state index in [2.05, 4.69) is 6.07 Å². The smallest absolute Gasteiger partial charge is 0.303 e. The van der Waals surface area contributed by atoms with Crippen molar-refractivity contribution >= 4 is 50.5 Å². The Hall–Kier alpha value is -2.35. The van der Waals surface area contributed by atoms with Crippen molar-refractivity contribution < 1.29 is 14.3 Å². The van der Waals surface area contributed by atoms with Crippen LogP contribution in [-0.4, -0.2) is 11.9 Å². The van der Waals surface area contributed by atoms with Gasteiger partial charge in [-0.25, -0.2) is 0 Å². The Morgan fingerprint density at radius 1 is 1.10 bits per heavy atom. The first-order valence-electron chi connectivity index (χ1n) is 9.52. The topological polar surface area (TPSA) is 46.6 Å². The highest BCUT2D eigenvalue weighted by Crippen LogP contribution is 2.53. The fourth-order valence-corrected chi connectivity index (χ4v) is 7.19. The molecule has 4 nitrogen and oxygen atoms in total. The summed E-state index contributed by atoms with van der Waals surface area (Å²) < 4.78 is 6.37. The van der Waals surface area contributed by atoms with E-state index in [1.165, 1.54) is 6.92 Å². The SMILES string of the molecule is CC(=O)OC(C(=O)N1c2ccc(C)cc2-c2c(ssc2=S)C1(C)C)c1ccccc1. The summed E-state index contributed by atoms with van der Waals surface area (Å²) in [5.74, 6) is -0.774. The first kappa shape index (κ1) is 20.9. The van der Waals surface area contributed by atoms with Crippen LogP contribution in [0.1, 0.15) is 42.9 Å². The summed E-state index contributed by atoms with van der Waals surface area (Å²) in [6, 6.07) is 15.2. The average molecular weight is 456 g/mol. The van der Waals surface area contributed by atoms with Gasteiger partial charge in [0.15, 0.2) is 0 Å². The molecule has 7 heteroatoms. The largest absolute Gasteiger partial charge is 0.447 e. The molecule has 1 amide bonds. The number of hydrogen-bond acceptors (Lipinski definition) is 6. The Labute approximate surface area is 188 Å². The Bertz CT molecular complexity index is 1190. The van der Waals surface area contributed by atoms with Gasteiger partial charge in [-0.2, -0.15) is 0 Å². The zero-order valence-electron chi connectivity index (χ0n) is 17.1. The molecule has 0 fully saturated rings. The lowest BCUT2D eigenvalue weighted by molar-refractivity contribution is -0.153. The van der Waals surface area contributed by atoms with Crippen LogP contribution in [0.4, 0.5) is 5.69 Å². The fraction of sp³-hybridized carbons (Fsp3) is 0.261. The molecule has 0 bridgehead atoms. The Morgan fingerprint density at radius 2 is 1.80 bits per heavy atom. The number of esters is 1. The number of amides is 1. The highest BCUT2D eigenvalue weighted by atomic mass is 32.9. The second-order valence-corrected chi connectivity index (χ2v) is 10.6. The third-order valence-electron chi connectivity index (χ3n) is 5.24. The zero-order valence-corrected chi connectivity index (χ0v) is 19.5. The van der Waals surface area contributed by atoms with Crippen molar-refractivity contribution in [3.63, 3.8) is 0 Å². The highest BCUT2D eigenvalue weighted by molar-refractivity contribution is 7.80. The van der Waals surface area contributed by atoms with Gasteiger partial charge in [0.25, 0.3) is 5.91 Å². The molecule has 2 aromatic carbocycles. The summed E-state index contributed by atoms with van der Waals surface area (Å²) in [7, 11) is 3.16. The lowest BCUT2D eigenvalue weighted by Crippen LogP contribution is -2.50. The minimum absolute atomic E-state index is 0.276. The average Bonchev–Trinajstić information content (AvgIpc) is 3.10. The molecular weight excluding hydrogens is 434 g/mol. The molecule has 3 aromatic rings. The van der Waals surface area contributed by atoms with Gasteiger partial charge in [-0.1, -0.05) is 74.9 Å². The summed E-state index contributed by atoms with van der Waals surface area (Å²) in [5.41, 5.74) is 3.88. The van der Waals surface area contributed by atoms with Gasteiger partial charge < -0.3 is 4.74 Å². The first-order chi connectivity index (χ1) is 14.2. The van der Waals surface area contributed by atoms with E-state index < -0.39 is 17.6 Å². The summed E-state index contributed by atoms with van der Waals surface area (Å²) in [5, 5.41) is 0. The quantitative estimate of drug-likeness (QED) is 0.260. The minimum atomic E-state index is -1.02. The third kappa shape index (κ3) is 3.41. The number of carbonyl (C=O) groups is 2. The third-order valence-corrected chi connectivity index (χ3v) is 8.57. The molecule has 1 unspecified atom stereocenters. The van der Waals surface area contributed by atoms with E-state index in [9.17, 15) is 9.59 Å². The van der Waals surface area contributed by atoms with Crippen LogP contribution in [0.3, 0.4) is 0 Å². The number of anilines is 1. The number of hydrogen-bond donors (Lipinski definition) is 0. The van der Waals surface area contributed by atoms with Gasteiger partial charge in [0, 0.05) is 23.6 Å². The number of ether oxygens (including phenoxy) is 1. The van der Waals surface area contributed by atoms with E-state index in [1.54, 1.807) is 37.7 Å². The van der Waals surface area contributed by atoms with Crippen LogP contribution < -0.4 is 4.90 Å². The number of carbonyl (C=O) groups excluding carboxylic acids is 2. The monoisotopic (exact) mass is 455 g/mol. The highest BCUT2D eigenvalue weighted by Gasteiger charge is 2.45. The van der Waals surface area contributed by atoms with Crippen molar-refractivity contribution in [2.24, 2.45) is 0 Å². The maximum absolute atomic E-state index is 13.9. The van der Waals surface area contributed by atoms with Gasteiger partial charge in [-0.15, -0.1) is 0 Å². The van der Waals surface area contributed by atoms with Crippen molar-refractivity contribution in [3.05, 3.63) is 68.4 Å². The van der Waals surface area contributed by atoms with E-state index in [0.717, 1.165) is 31.1 Å². The van der Waals surface area contributed by atoms with Gasteiger partial charge in [-0.05, 0) is 32.9 Å². The standard InChI is InChI=1S/C23H21NO3S3/c1-13-10-11-17-16(12-13)18-20(29-30-22(18)28)23(3,4)24(17)21(26)19(27-14(2)25)15-8-6-5-7-9-15/h5-12,19H,1-4H3. The summed E-state index contributed by atoms with van der Waals surface area (Å²) in [6.45, 7) is 7.38. The van der Waals surface area contributed by atoms with Gasteiger partial charge in [0.2, 0.25) is 6.10 Å². The van der Waals surface area contributed by atoms with Gasteiger partial charge in [0.05, 0.1) is 16.1 Å². The number of nitrogens with zero attached hydrogens (tertiary/aromatic N) is 1. The van der Waals surface area contributed by atoms with E-state index in [1.807, 2.05) is 51.1 Å². The maximum atomic E-state index is 13.9. The number of fused-ring (bicyclic) bond motifs is 3. The molecule has 1 aliphatic heterocycles. The molecule has 4 rings (SSSR count).